The van der Waals surface area contributed by atoms with Crippen LogP contribution in [0.2, 0.25) is 0 Å². The van der Waals surface area contributed by atoms with E-state index in [9.17, 15) is 4.79 Å². The maximum Gasteiger partial charge on any atom is 0.260 e. The van der Waals surface area contributed by atoms with Crippen molar-refractivity contribution in [2.24, 2.45) is 0 Å². The number of likely N-dealkylation sites (tertiary alicyclic amines) is 1. The Morgan fingerprint density at radius 1 is 1.16 bits per heavy atom. The maximum absolute atomic E-state index is 12.1. The smallest absolute Gasteiger partial charge is 0.260 e. The SMILES string of the molecule is Nc1cccc(OCC(=O)N2CCCCCCC2)c1. The van der Waals surface area contributed by atoms with Gasteiger partial charge < -0.3 is 15.4 Å². The quantitative estimate of drug-likeness (QED) is 0.851. The number of carbonyl (C=O) groups excluding carboxylic acids is 1. The second-order valence-corrected chi connectivity index (χ2v) is 5.01. The number of benzene rings is 1. The lowest BCUT2D eigenvalue weighted by molar-refractivity contribution is -0.133. The van der Waals surface area contributed by atoms with Crippen molar-refractivity contribution >= 4 is 11.6 Å². The molecule has 0 unspecified atom stereocenters. The molecule has 1 aliphatic heterocycles. The van der Waals surface area contributed by atoms with Gasteiger partial charge in [-0.3, -0.25) is 4.79 Å². The third-order valence-electron chi connectivity index (χ3n) is 3.43. The third-order valence-corrected chi connectivity index (χ3v) is 3.43. The van der Waals surface area contributed by atoms with Crippen molar-refractivity contribution in [2.45, 2.75) is 32.1 Å². The van der Waals surface area contributed by atoms with Crippen LogP contribution in [0.25, 0.3) is 0 Å². The molecular weight excluding hydrogens is 240 g/mol. The predicted octanol–water partition coefficient (Wildman–Crippen LogP) is 2.44. The van der Waals surface area contributed by atoms with Crippen LogP contribution in [-0.4, -0.2) is 30.5 Å². The molecule has 1 fully saturated rings. The van der Waals surface area contributed by atoms with E-state index in [-0.39, 0.29) is 12.5 Å². The van der Waals surface area contributed by atoms with Gasteiger partial charge in [0.15, 0.2) is 6.61 Å². The molecule has 1 saturated heterocycles. The molecule has 104 valence electrons. The Kier molecular flexibility index (Phi) is 5.07. The molecule has 19 heavy (non-hydrogen) atoms. The van der Waals surface area contributed by atoms with Gasteiger partial charge in [-0.15, -0.1) is 0 Å². The first-order valence-electron chi connectivity index (χ1n) is 7.02. The van der Waals surface area contributed by atoms with Gasteiger partial charge in [0.05, 0.1) is 0 Å². The normalized spacial score (nSPS) is 16.5. The molecule has 1 aromatic rings. The van der Waals surface area contributed by atoms with Crippen LogP contribution in [0.15, 0.2) is 24.3 Å². The second-order valence-electron chi connectivity index (χ2n) is 5.01. The number of anilines is 1. The molecule has 4 nitrogen and oxygen atoms in total. The second kappa shape index (κ2) is 7.02. The number of nitrogens with two attached hydrogens (primary N) is 1. The van der Waals surface area contributed by atoms with Crippen LogP contribution in [0.5, 0.6) is 5.75 Å². The summed E-state index contributed by atoms with van der Waals surface area (Å²) in [5.41, 5.74) is 6.32. The molecule has 0 radical (unpaired) electrons. The van der Waals surface area contributed by atoms with Gasteiger partial charge in [0.1, 0.15) is 5.75 Å². The van der Waals surface area contributed by atoms with E-state index in [0.717, 1.165) is 25.9 Å². The lowest BCUT2D eigenvalue weighted by Crippen LogP contribution is -2.37. The first kappa shape index (κ1) is 13.7. The zero-order valence-electron chi connectivity index (χ0n) is 11.3. The summed E-state index contributed by atoms with van der Waals surface area (Å²) < 4.78 is 5.50. The average molecular weight is 262 g/mol. The number of amides is 1. The Morgan fingerprint density at radius 2 is 1.84 bits per heavy atom. The van der Waals surface area contributed by atoms with Crippen molar-refractivity contribution in [1.82, 2.24) is 4.90 Å². The summed E-state index contributed by atoms with van der Waals surface area (Å²) in [7, 11) is 0. The van der Waals surface area contributed by atoms with Crippen LogP contribution in [0.1, 0.15) is 32.1 Å². The zero-order valence-corrected chi connectivity index (χ0v) is 11.3. The highest BCUT2D eigenvalue weighted by molar-refractivity contribution is 5.77. The van der Waals surface area contributed by atoms with Crippen LogP contribution >= 0.6 is 0 Å². The van der Waals surface area contributed by atoms with Crippen molar-refractivity contribution in [3.05, 3.63) is 24.3 Å². The van der Waals surface area contributed by atoms with Gasteiger partial charge in [0.2, 0.25) is 0 Å². The predicted molar refractivity (Wildman–Crippen MR) is 76.0 cm³/mol. The summed E-state index contributed by atoms with van der Waals surface area (Å²) in [5, 5.41) is 0. The molecule has 0 atom stereocenters. The van der Waals surface area contributed by atoms with Gasteiger partial charge in [0.25, 0.3) is 5.91 Å². The summed E-state index contributed by atoms with van der Waals surface area (Å²) in [5.74, 6) is 0.727. The fraction of sp³-hybridized carbons (Fsp3) is 0.533. The molecule has 0 aliphatic carbocycles. The van der Waals surface area contributed by atoms with Crippen molar-refractivity contribution < 1.29 is 9.53 Å². The molecule has 1 aliphatic rings. The molecule has 0 aromatic heterocycles. The van der Waals surface area contributed by atoms with E-state index in [1.54, 1.807) is 12.1 Å². The van der Waals surface area contributed by atoms with Crippen molar-refractivity contribution in [3.8, 4) is 5.75 Å². The van der Waals surface area contributed by atoms with Crippen LogP contribution in [0, 0.1) is 0 Å². The summed E-state index contributed by atoms with van der Waals surface area (Å²) in [6.07, 6.45) is 5.94. The van der Waals surface area contributed by atoms with E-state index in [0.29, 0.717) is 11.4 Å². The minimum absolute atomic E-state index is 0.0734. The topological polar surface area (TPSA) is 55.6 Å². The standard InChI is InChI=1S/C15H22N2O2/c16-13-7-6-8-14(11-13)19-12-15(18)17-9-4-2-1-3-5-10-17/h6-8,11H,1-5,9-10,12,16H2. The average Bonchev–Trinajstić information content (AvgIpc) is 2.36. The number of carbonyl (C=O) groups is 1. The first-order valence-corrected chi connectivity index (χ1v) is 7.02. The number of hydrogen-bond acceptors (Lipinski definition) is 3. The van der Waals surface area contributed by atoms with Gasteiger partial charge in [-0.05, 0) is 25.0 Å². The molecular formula is C15H22N2O2. The van der Waals surface area contributed by atoms with E-state index >= 15 is 0 Å². The zero-order chi connectivity index (χ0) is 13.5. The van der Waals surface area contributed by atoms with Crippen LogP contribution in [-0.2, 0) is 4.79 Å². The molecule has 2 N–H and O–H groups in total. The van der Waals surface area contributed by atoms with Crippen molar-refractivity contribution in [1.29, 1.82) is 0 Å². The molecule has 0 spiro atoms. The molecule has 4 heteroatoms. The highest BCUT2D eigenvalue weighted by Crippen LogP contribution is 2.15. The minimum atomic E-state index is 0.0734. The molecule has 1 aromatic carbocycles. The lowest BCUT2D eigenvalue weighted by Gasteiger charge is -2.24. The fourth-order valence-corrected chi connectivity index (χ4v) is 2.34. The molecule has 0 saturated carbocycles. The van der Waals surface area contributed by atoms with E-state index < -0.39 is 0 Å². The summed E-state index contributed by atoms with van der Waals surface area (Å²) in [6.45, 7) is 1.82. The van der Waals surface area contributed by atoms with Crippen molar-refractivity contribution in [3.63, 3.8) is 0 Å². The Bertz CT molecular complexity index is 412. The summed E-state index contributed by atoms with van der Waals surface area (Å²) >= 11 is 0. The highest BCUT2D eigenvalue weighted by atomic mass is 16.5. The van der Waals surface area contributed by atoms with Crippen molar-refractivity contribution in [2.75, 3.05) is 25.4 Å². The van der Waals surface area contributed by atoms with Crippen LogP contribution in [0.4, 0.5) is 5.69 Å². The van der Waals surface area contributed by atoms with Gasteiger partial charge >= 0.3 is 0 Å². The Balaban J connectivity index is 1.82. The lowest BCUT2D eigenvalue weighted by atomic mass is 10.1. The third kappa shape index (κ3) is 4.47. The Hall–Kier alpha value is -1.71. The molecule has 1 amide bonds. The molecule has 1 heterocycles. The Morgan fingerprint density at radius 3 is 2.53 bits per heavy atom. The molecule has 0 bridgehead atoms. The van der Waals surface area contributed by atoms with Gasteiger partial charge in [-0.1, -0.05) is 25.3 Å². The van der Waals surface area contributed by atoms with Gasteiger partial charge in [-0.25, -0.2) is 0 Å². The summed E-state index contributed by atoms with van der Waals surface area (Å²) in [6, 6.07) is 7.18. The van der Waals surface area contributed by atoms with Gasteiger partial charge in [0, 0.05) is 24.8 Å². The van der Waals surface area contributed by atoms with Crippen LogP contribution < -0.4 is 10.5 Å². The van der Waals surface area contributed by atoms with E-state index in [1.807, 2.05) is 17.0 Å². The summed E-state index contributed by atoms with van der Waals surface area (Å²) in [4.78, 5) is 14.0. The van der Waals surface area contributed by atoms with Gasteiger partial charge in [-0.2, -0.15) is 0 Å². The maximum atomic E-state index is 12.1. The van der Waals surface area contributed by atoms with E-state index in [1.165, 1.54) is 19.3 Å². The first-order chi connectivity index (χ1) is 9.25. The monoisotopic (exact) mass is 262 g/mol. The largest absolute Gasteiger partial charge is 0.484 e. The Labute approximate surface area is 114 Å². The minimum Gasteiger partial charge on any atom is -0.484 e. The number of nitrogen functional groups attached to an aromatic ring is 1. The number of rotatable bonds is 3. The van der Waals surface area contributed by atoms with E-state index in [4.69, 9.17) is 10.5 Å². The number of hydrogen-bond donors (Lipinski definition) is 1. The number of nitrogens with zero attached hydrogens (tertiary/aromatic N) is 1. The van der Waals surface area contributed by atoms with E-state index in [2.05, 4.69) is 0 Å². The molecule has 2 rings (SSSR count). The number of ether oxygens (including phenoxy) is 1. The van der Waals surface area contributed by atoms with Crippen LogP contribution in [0.3, 0.4) is 0 Å². The fourth-order valence-electron chi connectivity index (χ4n) is 2.34. The highest BCUT2D eigenvalue weighted by Gasteiger charge is 2.15.